The second-order valence-corrected chi connectivity index (χ2v) is 8.46. The summed E-state index contributed by atoms with van der Waals surface area (Å²) in [6.07, 6.45) is -4.53. The van der Waals surface area contributed by atoms with Crippen LogP contribution >= 0.6 is 11.3 Å². The maximum absolute atomic E-state index is 13.0. The van der Waals surface area contributed by atoms with Gasteiger partial charge in [-0.2, -0.15) is 13.2 Å². The molecule has 0 unspecified atom stereocenters. The van der Waals surface area contributed by atoms with Crippen LogP contribution in [-0.4, -0.2) is 31.2 Å². The Hall–Kier alpha value is -4.06. The molecule has 1 aromatic carbocycles. The van der Waals surface area contributed by atoms with Gasteiger partial charge in [0.2, 0.25) is 5.76 Å². The van der Waals surface area contributed by atoms with E-state index in [0.717, 1.165) is 12.1 Å². The zero-order valence-electron chi connectivity index (χ0n) is 18.7. The molecule has 0 aliphatic carbocycles. The molecule has 1 aliphatic rings. The monoisotopic (exact) mass is 520 g/mol. The molecule has 2 aromatic heterocycles. The molecule has 2 N–H and O–H groups in total. The fourth-order valence-corrected chi connectivity index (χ4v) is 4.30. The first-order valence-electron chi connectivity index (χ1n) is 10.6. The van der Waals surface area contributed by atoms with Crippen LogP contribution in [0, 0.1) is 0 Å². The molecule has 0 bridgehead atoms. The van der Waals surface area contributed by atoms with Crippen molar-refractivity contribution in [3.05, 3.63) is 81.4 Å². The summed E-state index contributed by atoms with van der Waals surface area (Å²) in [7, 11) is 0. The minimum atomic E-state index is -4.53. The highest BCUT2D eigenvalue weighted by Crippen LogP contribution is 2.33. The summed E-state index contributed by atoms with van der Waals surface area (Å²) in [4.78, 5) is 38.2. The number of furan rings is 1. The number of amides is 2. The van der Waals surface area contributed by atoms with Crippen LogP contribution in [0.4, 0.5) is 18.0 Å². The van der Waals surface area contributed by atoms with Crippen LogP contribution in [0.5, 0.6) is 0 Å². The summed E-state index contributed by atoms with van der Waals surface area (Å²) in [6.45, 7) is 1.24. The van der Waals surface area contributed by atoms with E-state index in [9.17, 15) is 27.6 Å². The summed E-state index contributed by atoms with van der Waals surface area (Å²) in [5.74, 6) is -1.87. The summed E-state index contributed by atoms with van der Waals surface area (Å²) in [5, 5.41) is 6.91. The van der Waals surface area contributed by atoms with Crippen molar-refractivity contribution in [1.82, 2.24) is 10.6 Å². The molecule has 0 fully saturated rings. The van der Waals surface area contributed by atoms with Crippen LogP contribution < -0.4 is 10.6 Å². The van der Waals surface area contributed by atoms with E-state index in [2.05, 4.69) is 10.6 Å². The number of esters is 2. The first-order valence-corrected chi connectivity index (χ1v) is 11.5. The van der Waals surface area contributed by atoms with E-state index in [4.69, 9.17) is 13.9 Å². The molecule has 188 valence electrons. The third-order valence-electron chi connectivity index (χ3n) is 5.11. The van der Waals surface area contributed by atoms with Crippen LogP contribution in [-0.2, 0) is 20.4 Å². The molecule has 2 amide bonds. The highest BCUT2D eigenvalue weighted by molar-refractivity contribution is 7.10. The lowest BCUT2D eigenvalue weighted by atomic mass is 10.0. The average Bonchev–Trinajstić information content (AvgIpc) is 3.54. The fraction of sp³-hybridized carbons (Fsp3) is 0.208. The Balaban J connectivity index is 1.55. The molecule has 36 heavy (non-hydrogen) atoms. The number of halogens is 3. The van der Waals surface area contributed by atoms with Crippen LogP contribution in [0.25, 0.3) is 11.3 Å². The number of ether oxygens (including phenoxy) is 2. The highest BCUT2D eigenvalue weighted by atomic mass is 32.1. The molecule has 8 nitrogen and oxygen atoms in total. The van der Waals surface area contributed by atoms with E-state index >= 15 is 0 Å². The summed E-state index contributed by atoms with van der Waals surface area (Å²) in [5.41, 5.74) is -0.620. The van der Waals surface area contributed by atoms with E-state index in [1.54, 1.807) is 24.4 Å². The second kappa shape index (κ2) is 10.3. The quantitative estimate of drug-likeness (QED) is 0.422. The maximum Gasteiger partial charge on any atom is 0.416 e. The van der Waals surface area contributed by atoms with Gasteiger partial charge in [-0.15, -0.1) is 11.3 Å². The van der Waals surface area contributed by atoms with E-state index in [-0.39, 0.29) is 35.0 Å². The molecule has 3 aromatic rings. The Labute approximate surface area is 206 Å². The summed E-state index contributed by atoms with van der Waals surface area (Å²) >= 11 is 1.32. The number of alkyl halides is 3. The Morgan fingerprint density at radius 2 is 1.89 bits per heavy atom. The summed E-state index contributed by atoms with van der Waals surface area (Å²) in [6, 6.07) is 9.16. The van der Waals surface area contributed by atoms with Gasteiger partial charge in [0.05, 0.1) is 29.5 Å². The van der Waals surface area contributed by atoms with Crippen molar-refractivity contribution in [1.29, 1.82) is 0 Å². The fourth-order valence-electron chi connectivity index (χ4n) is 3.51. The van der Waals surface area contributed by atoms with Gasteiger partial charge in [0.25, 0.3) is 0 Å². The minimum Gasteiger partial charge on any atom is -0.463 e. The third-order valence-corrected chi connectivity index (χ3v) is 6.04. The van der Waals surface area contributed by atoms with Gasteiger partial charge in [0, 0.05) is 10.4 Å². The van der Waals surface area contributed by atoms with Gasteiger partial charge in [-0.3, -0.25) is 0 Å². The number of hydrogen-bond donors (Lipinski definition) is 2. The lowest BCUT2D eigenvalue weighted by Gasteiger charge is -2.28. The van der Waals surface area contributed by atoms with Crippen molar-refractivity contribution < 1.29 is 41.4 Å². The standard InChI is InChI=1S/C24H19F3N2O6S/c1-2-33-22(31)19-15(28-23(32)29-20(19)18-7-4-10-36-18)12-34-21(30)17-9-8-16(35-17)13-5-3-6-14(11-13)24(25,26)27/h3-11,20H,2,12H2,1H3,(H2,28,29,32)/t20-/m1/s1. The number of hydrogen-bond acceptors (Lipinski definition) is 7. The molecule has 0 saturated heterocycles. The number of benzene rings is 1. The first-order chi connectivity index (χ1) is 17.2. The lowest BCUT2D eigenvalue weighted by molar-refractivity contribution is -0.139. The van der Waals surface area contributed by atoms with E-state index in [0.29, 0.717) is 4.88 Å². The Bertz CT molecular complexity index is 1310. The van der Waals surface area contributed by atoms with Crippen LogP contribution in [0.3, 0.4) is 0 Å². The van der Waals surface area contributed by atoms with Gasteiger partial charge in [-0.1, -0.05) is 18.2 Å². The Morgan fingerprint density at radius 1 is 1.08 bits per heavy atom. The predicted octanol–water partition coefficient (Wildman–Crippen LogP) is 5.06. The zero-order chi connectivity index (χ0) is 25.9. The van der Waals surface area contributed by atoms with Gasteiger partial charge in [-0.05, 0) is 42.6 Å². The number of carbonyl (C=O) groups excluding carboxylic acids is 3. The molecule has 0 saturated carbocycles. The lowest BCUT2D eigenvalue weighted by Crippen LogP contribution is -2.46. The minimum absolute atomic E-state index is 0.0346. The average molecular weight is 520 g/mol. The molecular formula is C24H19F3N2O6S. The molecule has 4 rings (SSSR count). The first kappa shape index (κ1) is 25.0. The van der Waals surface area contributed by atoms with Gasteiger partial charge in [0.15, 0.2) is 0 Å². The number of rotatable bonds is 7. The maximum atomic E-state index is 13.0. The number of thiophene rings is 1. The molecule has 1 aliphatic heterocycles. The van der Waals surface area contributed by atoms with E-state index < -0.39 is 42.4 Å². The largest absolute Gasteiger partial charge is 0.463 e. The summed E-state index contributed by atoms with van der Waals surface area (Å²) < 4.78 is 54.8. The number of carbonyl (C=O) groups is 3. The molecule has 0 spiro atoms. The molecule has 3 heterocycles. The van der Waals surface area contributed by atoms with E-state index in [1.165, 1.54) is 35.6 Å². The van der Waals surface area contributed by atoms with Crippen LogP contribution in [0.2, 0.25) is 0 Å². The normalized spacial score (nSPS) is 15.8. The topological polar surface area (TPSA) is 107 Å². The van der Waals surface area contributed by atoms with Crippen LogP contribution in [0.15, 0.2) is 69.6 Å². The van der Waals surface area contributed by atoms with Crippen LogP contribution in [0.1, 0.15) is 34.0 Å². The molecular weight excluding hydrogens is 501 g/mol. The van der Waals surface area contributed by atoms with Crippen molar-refractivity contribution >= 4 is 29.3 Å². The number of urea groups is 1. The smallest absolute Gasteiger partial charge is 0.416 e. The van der Waals surface area contributed by atoms with Crippen molar-refractivity contribution in [3.8, 4) is 11.3 Å². The molecule has 1 atom stereocenters. The third kappa shape index (κ3) is 5.43. The van der Waals surface area contributed by atoms with Crippen molar-refractivity contribution in [2.75, 3.05) is 13.2 Å². The predicted molar refractivity (Wildman–Crippen MR) is 122 cm³/mol. The van der Waals surface area contributed by atoms with Gasteiger partial charge >= 0.3 is 24.1 Å². The van der Waals surface area contributed by atoms with E-state index in [1.807, 2.05) is 0 Å². The van der Waals surface area contributed by atoms with Crippen molar-refractivity contribution in [3.63, 3.8) is 0 Å². The van der Waals surface area contributed by atoms with Crippen molar-refractivity contribution in [2.45, 2.75) is 19.1 Å². The molecule has 12 heteroatoms. The van der Waals surface area contributed by atoms with Gasteiger partial charge in [0.1, 0.15) is 12.4 Å². The Morgan fingerprint density at radius 3 is 2.58 bits per heavy atom. The molecule has 0 radical (unpaired) electrons. The SMILES string of the molecule is CCOC(=O)C1=C(COC(=O)c2ccc(-c3cccc(C(F)(F)F)c3)o2)NC(=O)N[C@@H]1c1cccs1. The highest BCUT2D eigenvalue weighted by Gasteiger charge is 2.35. The number of nitrogens with one attached hydrogen (secondary N) is 2. The second-order valence-electron chi connectivity index (χ2n) is 7.48. The van der Waals surface area contributed by atoms with Gasteiger partial charge < -0.3 is 24.5 Å². The zero-order valence-corrected chi connectivity index (χ0v) is 19.5. The Kier molecular flexibility index (Phi) is 7.15. The van der Waals surface area contributed by atoms with Crippen molar-refractivity contribution in [2.24, 2.45) is 0 Å². The van der Waals surface area contributed by atoms with Gasteiger partial charge in [-0.25, -0.2) is 14.4 Å².